The molecule has 4 aromatic rings. The Morgan fingerprint density at radius 2 is 1.58 bits per heavy atom. The van der Waals surface area contributed by atoms with Crippen LogP contribution in [0.25, 0.3) is 0 Å². The number of hydrogen-bond acceptors (Lipinski definition) is 4. The molecule has 7 nitrogen and oxygen atoms in total. The summed E-state index contributed by atoms with van der Waals surface area (Å²) in [6.07, 6.45) is 0.800. The Morgan fingerprint density at radius 3 is 2.22 bits per heavy atom. The molecule has 4 aromatic carbocycles. The van der Waals surface area contributed by atoms with Gasteiger partial charge in [0.05, 0.1) is 10.6 Å². The molecule has 0 aliphatic carbocycles. The van der Waals surface area contributed by atoms with Crippen LogP contribution >= 0.6 is 23.2 Å². The molecule has 4 rings (SSSR count). The number of anilines is 1. The number of para-hydroxylation sites is 1. The molecule has 1 N–H and O–H groups in total. The highest BCUT2D eigenvalue weighted by molar-refractivity contribution is 7.92. The monoisotopic (exact) mass is 669 g/mol. The number of carbonyl (C=O) groups is 2. The molecule has 0 radical (unpaired) electrons. The van der Waals surface area contributed by atoms with Crippen LogP contribution in [0.5, 0.6) is 0 Å². The minimum atomic E-state index is -4.43. The van der Waals surface area contributed by atoms with Crippen molar-refractivity contribution in [2.24, 2.45) is 0 Å². The van der Waals surface area contributed by atoms with Crippen LogP contribution in [0, 0.1) is 12.7 Å². The highest BCUT2D eigenvalue weighted by Gasteiger charge is 2.35. The molecule has 0 heterocycles. The predicted molar refractivity (Wildman–Crippen MR) is 176 cm³/mol. The summed E-state index contributed by atoms with van der Waals surface area (Å²) in [7, 11) is -4.43. The van der Waals surface area contributed by atoms with Crippen LogP contribution in [0.1, 0.15) is 30.0 Å². The van der Waals surface area contributed by atoms with Gasteiger partial charge in [-0.05, 0) is 60.9 Å². The van der Waals surface area contributed by atoms with Gasteiger partial charge in [-0.1, -0.05) is 96.4 Å². The second-order valence-corrected chi connectivity index (χ2v) is 13.2. The second-order valence-electron chi connectivity index (χ2n) is 10.5. The van der Waals surface area contributed by atoms with Crippen LogP contribution in [0.15, 0.2) is 102 Å². The Kier molecular flexibility index (Phi) is 11.6. The van der Waals surface area contributed by atoms with Gasteiger partial charge in [0.25, 0.3) is 10.0 Å². The minimum absolute atomic E-state index is 0.113. The van der Waals surface area contributed by atoms with Crippen molar-refractivity contribution < 1.29 is 22.4 Å². The van der Waals surface area contributed by atoms with Crippen LogP contribution < -0.4 is 9.62 Å². The van der Waals surface area contributed by atoms with E-state index in [4.69, 9.17) is 23.2 Å². The number of carbonyl (C=O) groups excluding carboxylic acids is 2. The number of nitrogens with zero attached hydrogens (tertiary/aromatic N) is 2. The summed E-state index contributed by atoms with van der Waals surface area (Å²) in [6.45, 7) is 3.17. The zero-order valence-electron chi connectivity index (χ0n) is 24.9. The van der Waals surface area contributed by atoms with Gasteiger partial charge >= 0.3 is 0 Å². The molecule has 2 amide bonds. The summed E-state index contributed by atoms with van der Waals surface area (Å²) >= 11 is 12.6. The fraction of sp³-hybridized carbons (Fsp3) is 0.235. The van der Waals surface area contributed by atoms with Gasteiger partial charge < -0.3 is 10.2 Å². The lowest BCUT2D eigenvalue weighted by Gasteiger charge is -2.34. The first-order valence-electron chi connectivity index (χ1n) is 14.4. The van der Waals surface area contributed by atoms with Crippen molar-refractivity contribution in [3.63, 3.8) is 0 Å². The fourth-order valence-electron chi connectivity index (χ4n) is 4.76. The molecule has 11 heteroatoms. The van der Waals surface area contributed by atoms with E-state index in [9.17, 15) is 18.0 Å². The number of nitrogens with one attached hydrogen (secondary N) is 1. The maximum Gasteiger partial charge on any atom is 0.264 e. The summed E-state index contributed by atoms with van der Waals surface area (Å²) in [4.78, 5) is 29.3. The highest BCUT2D eigenvalue weighted by atomic mass is 35.5. The van der Waals surface area contributed by atoms with Gasteiger partial charge in [0.1, 0.15) is 18.4 Å². The number of aryl methyl sites for hydroxylation is 1. The van der Waals surface area contributed by atoms with E-state index in [2.05, 4.69) is 5.32 Å². The second kappa shape index (κ2) is 15.4. The Bertz CT molecular complexity index is 1740. The molecule has 1 atom stereocenters. The van der Waals surface area contributed by atoms with Gasteiger partial charge in [0, 0.05) is 29.6 Å². The molecule has 0 aliphatic heterocycles. The average Bonchev–Trinajstić information content (AvgIpc) is 3.02. The zero-order valence-corrected chi connectivity index (χ0v) is 27.2. The highest BCUT2D eigenvalue weighted by Crippen LogP contribution is 2.28. The third-order valence-electron chi connectivity index (χ3n) is 7.19. The number of hydrogen-bond donors (Lipinski definition) is 1. The summed E-state index contributed by atoms with van der Waals surface area (Å²) < 4.78 is 44.0. The lowest BCUT2D eigenvalue weighted by molar-refractivity contribution is -0.140. The third-order valence-corrected chi connectivity index (χ3v) is 9.55. The molecule has 0 fully saturated rings. The van der Waals surface area contributed by atoms with Crippen LogP contribution in [0.4, 0.5) is 10.1 Å². The maximum atomic E-state index is 15.2. The first-order valence-corrected chi connectivity index (χ1v) is 16.6. The molecule has 236 valence electrons. The summed E-state index contributed by atoms with van der Waals surface area (Å²) in [5, 5.41) is 3.53. The first-order chi connectivity index (χ1) is 21.5. The largest absolute Gasteiger partial charge is 0.354 e. The number of amides is 2. The molecular weight excluding hydrogens is 636 g/mol. The average molecular weight is 671 g/mol. The Labute approximate surface area is 273 Å². The van der Waals surface area contributed by atoms with Crippen molar-refractivity contribution in [2.45, 2.75) is 44.2 Å². The summed E-state index contributed by atoms with van der Waals surface area (Å²) in [5.41, 5.74) is 1.81. The maximum absolute atomic E-state index is 15.2. The summed E-state index contributed by atoms with van der Waals surface area (Å²) in [6, 6.07) is 24.3. The SMILES string of the molecule is CCCNC(=O)[C@H](Cc1ccccc1)N(Cc1ccc(Cl)cc1Cl)C(=O)CN(c1ccccc1F)S(=O)(=O)c1ccc(C)cc1. The molecular formula is C34H34Cl2FN3O4S. The lowest BCUT2D eigenvalue weighted by atomic mass is 10.0. The van der Waals surface area contributed by atoms with E-state index >= 15 is 4.39 Å². The van der Waals surface area contributed by atoms with Gasteiger partial charge in [0.2, 0.25) is 11.8 Å². The van der Waals surface area contributed by atoms with Gasteiger partial charge in [-0.15, -0.1) is 0 Å². The first kappa shape index (κ1) is 34.0. The lowest BCUT2D eigenvalue weighted by Crippen LogP contribution is -2.53. The topological polar surface area (TPSA) is 86.8 Å². The van der Waals surface area contributed by atoms with Gasteiger partial charge in [-0.2, -0.15) is 0 Å². The van der Waals surface area contributed by atoms with Crippen LogP contribution in [-0.2, 0) is 32.6 Å². The third kappa shape index (κ3) is 8.63. The molecule has 0 unspecified atom stereocenters. The number of sulfonamides is 1. The van der Waals surface area contributed by atoms with E-state index in [1.807, 2.05) is 44.2 Å². The Hall–Kier alpha value is -3.92. The van der Waals surface area contributed by atoms with E-state index in [0.29, 0.717) is 23.6 Å². The van der Waals surface area contributed by atoms with E-state index in [1.54, 1.807) is 24.3 Å². The number of halogens is 3. The van der Waals surface area contributed by atoms with Gasteiger partial charge in [-0.3, -0.25) is 13.9 Å². The standard InChI is InChI=1S/C34H34Cl2FN3O4S/c1-3-19-38-34(42)32(20-25-9-5-4-6-10-25)39(22-26-15-16-27(35)21-29(26)36)33(41)23-40(31-12-8-7-11-30(31)37)45(43,44)28-17-13-24(2)14-18-28/h4-18,21,32H,3,19-20,22-23H2,1-2H3,(H,38,42)/t32-/m0/s1. The van der Waals surface area contributed by atoms with Crippen molar-refractivity contribution in [2.75, 3.05) is 17.4 Å². The van der Waals surface area contributed by atoms with Gasteiger partial charge in [-0.25, -0.2) is 12.8 Å². The van der Waals surface area contributed by atoms with Crippen LogP contribution in [0.2, 0.25) is 10.0 Å². The van der Waals surface area contributed by atoms with E-state index in [-0.39, 0.29) is 28.6 Å². The van der Waals surface area contributed by atoms with Crippen LogP contribution in [0.3, 0.4) is 0 Å². The Balaban J connectivity index is 1.82. The quantitative estimate of drug-likeness (QED) is 0.170. The van der Waals surface area contributed by atoms with Crippen LogP contribution in [-0.4, -0.2) is 44.3 Å². The fourth-order valence-corrected chi connectivity index (χ4v) is 6.65. The van der Waals surface area contributed by atoms with E-state index < -0.39 is 40.2 Å². The smallest absolute Gasteiger partial charge is 0.264 e. The molecule has 0 bridgehead atoms. The molecule has 0 aliphatic rings. The number of rotatable bonds is 13. The van der Waals surface area contributed by atoms with Crippen molar-refractivity contribution in [3.8, 4) is 0 Å². The predicted octanol–water partition coefficient (Wildman–Crippen LogP) is 6.80. The number of benzene rings is 4. The molecule has 0 aromatic heterocycles. The van der Waals surface area contributed by atoms with Gasteiger partial charge in [0.15, 0.2) is 0 Å². The van der Waals surface area contributed by atoms with Crippen molar-refractivity contribution in [1.29, 1.82) is 0 Å². The molecule has 0 spiro atoms. The molecule has 0 saturated carbocycles. The zero-order chi connectivity index (χ0) is 32.6. The summed E-state index contributed by atoms with van der Waals surface area (Å²) in [5.74, 6) is -1.97. The van der Waals surface area contributed by atoms with Crippen molar-refractivity contribution in [1.82, 2.24) is 10.2 Å². The van der Waals surface area contributed by atoms with E-state index in [1.165, 1.54) is 41.3 Å². The van der Waals surface area contributed by atoms with Crippen molar-refractivity contribution >= 4 is 50.7 Å². The van der Waals surface area contributed by atoms with Crippen molar-refractivity contribution in [3.05, 3.63) is 130 Å². The minimum Gasteiger partial charge on any atom is -0.354 e. The van der Waals surface area contributed by atoms with E-state index in [0.717, 1.165) is 21.5 Å². The Morgan fingerprint density at radius 1 is 0.911 bits per heavy atom. The normalized spacial score (nSPS) is 11.9. The molecule has 0 saturated heterocycles. The molecule has 45 heavy (non-hydrogen) atoms.